The zero-order valence-corrected chi connectivity index (χ0v) is 19.9. The summed E-state index contributed by atoms with van der Waals surface area (Å²) in [6, 6.07) is 28.8. The molecule has 5 aromatic rings. The standard InChI is InChI=1S/C29H27N5O2/c35-25(19-34-20-30-26-23-13-7-8-14-24(23)31-27(26)29(34)36)32-15-17-33(18-16-32)28(21-9-3-1-4-10-21)22-11-5-2-6-12-22/h1-14,20,28,31H,15-19H2. The highest BCUT2D eigenvalue weighted by Gasteiger charge is 2.28. The first kappa shape index (κ1) is 22.2. The van der Waals surface area contributed by atoms with Crippen molar-refractivity contribution in [2.24, 2.45) is 0 Å². The highest BCUT2D eigenvalue weighted by atomic mass is 16.2. The van der Waals surface area contributed by atoms with E-state index in [2.05, 4.69) is 63.4 Å². The number of aromatic amines is 1. The largest absolute Gasteiger partial charge is 0.349 e. The lowest BCUT2D eigenvalue weighted by Crippen LogP contribution is -2.51. The summed E-state index contributed by atoms with van der Waals surface area (Å²) in [5.41, 5.74) is 4.20. The van der Waals surface area contributed by atoms with Gasteiger partial charge in [0.1, 0.15) is 17.6 Å². The van der Waals surface area contributed by atoms with Gasteiger partial charge in [0.05, 0.1) is 12.4 Å². The molecule has 1 aliphatic heterocycles. The average Bonchev–Trinajstić information content (AvgIpc) is 3.32. The van der Waals surface area contributed by atoms with Crippen LogP contribution in [0.15, 0.2) is 96.1 Å². The van der Waals surface area contributed by atoms with Crippen LogP contribution in [0, 0.1) is 0 Å². The van der Waals surface area contributed by atoms with E-state index in [9.17, 15) is 9.59 Å². The summed E-state index contributed by atoms with van der Waals surface area (Å²) in [7, 11) is 0. The van der Waals surface area contributed by atoms with Gasteiger partial charge in [-0.15, -0.1) is 0 Å². The molecule has 1 N–H and O–H groups in total. The van der Waals surface area contributed by atoms with Gasteiger partial charge in [-0.25, -0.2) is 4.98 Å². The molecular formula is C29H27N5O2. The predicted octanol–water partition coefficient (Wildman–Crippen LogP) is 3.81. The quantitative estimate of drug-likeness (QED) is 0.418. The molecule has 0 atom stereocenters. The first-order valence-corrected chi connectivity index (χ1v) is 12.3. The molecule has 0 aliphatic carbocycles. The fourth-order valence-corrected chi connectivity index (χ4v) is 5.21. The van der Waals surface area contributed by atoms with Gasteiger partial charge < -0.3 is 9.88 Å². The predicted molar refractivity (Wildman–Crippen MR) is 141 cm³/mol. The SMILES string of the molecule is O=C(Cn1cnc2c([nH]c3ccccc32)c1=O)N1CCN(C(c2ccccc2)c2ccccc2)CC1. The van der Waals surface area contributed by atoms with Crippen molar-refractivity contribution in [1.82, 2.24) is 24.3 Å². The van der Waals surface area contributed by atoms with Gasteiger partial charge in [0.2, 0.25) is 5.91 Å². The molecule has 1 fully saturated rings. The van der Waals surface area contributed by atoms with Crippen LogP contribution in [0.25, 0.3) is 21.9 Å². The number of nitrogens with one attached hydrogen (secondary N) is 1. The van der Waals surface area contributed by atoms with Crippen LogP contribution in [0.3, 0.4) is 0 Å². The Labute approximate surface area is 208 Å². The summed E-state index contributed by atoms with van der Waals surface area (Å²) < 4.78 is 1.41. The molecule has 1 aliphatic rings. The van der Waals surface area contributed by atoms with E-state index in [1.807, 2.05) is 41.3 Å². The van der Waals surface area contributed by atoms with E-state index in [1.165, 1.54) is 22.0 Å². The number of nitrogens with zero attached hydrogens (tertiary/aromatic N) is 4. The van der Waals surface area contributed by atoms with Gasteiger partial charge in [-0.2, -0.15) is 0 Å². The molecule has 0 saturated carbocycles. The van der Waals surface area contributed by atoms with Crippen molar-refractivity contribution < 1.29 is 4.79 Å². The molecule has 7 nitrogen and oxygen atoms in total. The average molecular weight is 478 g/mol. The normalized spacial score (nSPS) is 14.6. The van der Waals surface area contributed by atoms with Crippen molar-refractivity contribution >= 4 is 27.8 Å². The van der Waals surface area contributed by atoms with E-state index in [4.69, 9.17) is 0 Å². The Hall–Kier alpha value is -4.23. The Morgan fingerprint density at radius 3 is 2.11 bits per heavy atom. The highest BCUT2D eigenvalue weighted by molar-refractivity contribution is 6.04. The number of aromatic nitrogens is 3. The van der Waals surface area contributed by atoms with Crippen LogP contribution in [0.5, 0.6) is 0 Å². The van der Waals surface area contributed by atoms with Gasteiger partial charge in [0, 0.05) is 37.1 Å². The lowest BCUT2D eigenvalue weighted by Gasteiger charge is -2.39. The number of piperazine rings is 1. The van der Waals surface area contributed by atoms with Crippen molar-refractivity contribution in [2.45, 2.75) is 12.6 Å². The Balaban J connectivity index is 1.18. The van der Waals surface area contributed by atoms with Crippen molar-refractivity contribution in [3.8, 4) is 0 Å². The smallest absolute Gasteiger partial charge is 0.278 e. The molecule has 0 unspecified atom stereocenters. The van der Waals surface area contributed by atoms with Gasteiger partial charge in [0.25, 0.3) is 5.56 Å². The van der Waals surface area contributed by atoms with Crippen LogP contribution in [-0.4, -0.2) is 56.4 Å². The van der Waals surface area contributed by atoms with Crippen LogP contribution in [0.4, 0.5) is 0 Å². The topological polar surface area (TPSA) is 74.2 Å². The molecule has 2 aromatic heterocycles. The molecule has 180 valence electrons. The molecule has 6 rings (SSSR count). The van der Waals surface area contributed by atoms with E-state index >= 15 is 0 Å². The fourth-order valence-electron chi connectivity index (χ4n) is 5.21. The van der Waals surface area contributed by atoms with Crippen molar-refractivity contribution in [1.29, 1.82) is 0 Å². The summed E-state index contributed by atoms with van der Waals surface area (Å²) in [4.78, 5) is 38.2. The third kappa shape index (κ3) is 4.07. The number of fused-ring (bicyclic) bond motifs is 3. The second-order valence-electron chi connectivity index (χ2n) is 9.21. The molecule has 36 heavy (non-hydrogen) atoms. The van der Waals surface area contributed by atoms with Gasteiger partial charge in [-0.05, 0) is 17.2 Å². The third-order valence-corrected chi connectivity index (χ3v) is 7.05. The molecule has 0 radical (unpaired) electrons. The van der Waals surface area contributed by atoms with Gasteiger partial charge in [0.15, 0.2) is 0 Å². The first-order chi connectivity index (χ1) is 17.7. The minimum absolute atomic E-state index is 0.0159. The van der Waals surface area contributed by atoms with Crippen molar-refractivity contribution in [2.75, 3.05) is 26.2 Å². The maximum Gasteiger partial charge on any atom is 0.278 e. The Bertz CT molecular complexity index is 1530. The summed E-state index contributed by atoms with van der Waals surface area (Å²) in [5, 5.41) is 0.908. The zero-order valence-electron chi connectivity index (χ0n) is 19.9. The maximum absolute atomic E-state index is 13.2. The monoisotopic (exact) mass is 477 g/mol. The summed E-state index contributed by atoms with van der Waals surface area (Å²) >= 11 is 0. The molecule has 0 bridgehead atoms. The van der Waals surface area contributed by atoms with Crippen LogP contribution in [0.2, 0.25) is 0 Å². The number of carbonyl (C=O) groups excluding carboxylic acids is 1. The molecule has 7 heteroatoms. The van der Waals surface area contributed by atoms with Crippen LogP contribution >= 0.6 is 0 Å². The summed E-state index contributed by atoms with van der Waals surface area (Å²) in [6.07, 6.45) is 1.49. The van der Waals surface area contributed by atoms with Crippen LogP contribution < -0.4 is 5.56 Å². The van der Waals surface area contributed by atoms with Crippen LogP contribution in [-0.2, 0) is 11.3 Å². The number of benzene rings is 3. The number of para-hydroxylation sites is 1. The van der Waals surface area contributed by atoms with E-state index < -0.39 is 0 Å². The third-order valence-electron chi connectivity index (χ3n) is 7.05. The second kappa shape index (κ2) is 9.43. The van der Waals surface area contributed by atoms with Gasteiger partial charge in [-0.3, -0.25) is 19.1 Å². The van der Waals surface area contributed by atoms with E-state index in [1.54, 1.807) is 0 Å². The zero-order chi connectivity index (χ0) is 24.5. The molecule has 3 heterocycles. The number of amides is 1. The first-order valence-electron chi connectivity index (χ1n) is 12.3. The number of hydrogen-bond donors (Lipinski definition) is 1. The highest BCUT2D eigenvalue weighted by Crippen LogP contribution is 2.29. The minimum atomic E-state index is -0.226. The van der Waals surface area contributed by atoms with Gasteiger partial charge in [-0.1, -0.05) is 78.9 Å². The Kier molecular flexibility index (Phi) is 5.83. The Morgan fingerprint density at radius 2 is 1.44 bits per heavy atom. The second-order valence-corrected chi connectivity index (χ2v) is 9.21. The minimum Gasteiger partial charge on any atom is -0.349 e. The van der Waals surface area contributed by atoms with E-state index in [0.717, 1.165) is 24.0 Å². The molecule has 1 amide bonds. The van der Waals surface area contributed by atoms with Crippen LogP contribution in [0.1, 0.15) is 17.2 Å². The lowest BCUT2D eigenvalue weighted by atomic mass is 9.96. The maximum atomic E-state index is 13.2. The summed E-state index contributed by atoms with van der Waals surface area (Å²) in [5.74, 6) is -0.0648. The van der Waals surface area contributed by atoms with E-state index in [0.29, 0.717) is 24.1 Å². The molecule has 3 aromatic carbocycles. The van der Waals surface area contributed by atoms with Crippen molar-refractivity contribution in [3.05, 3.63) is 113 Å². The molecule has 1 saturated heterocycles. The van der Waals surface area contributed by atoms with Crippen molar-refractivity contribution in [3.63, 3.8) is 0 Å². The molecular weight excluding hydrogens is 450 g/mol. The molecule has 0 spiro atoms. The number of hydrogen-bond acceptors (Lipinski definition) is 4. The Morgan fingerprint density at radius 1 is 0.833 bits per heavy atom. The number of H-pyrrole nitrogens is 1. The fraction of sp³-hybridized carbons (Fsp3) is 0.207. The lowest BCUT2D eigenvalue weighted by molar-refractivity contribution is -0.133. The van der Waals surface area contributed by atoms with Gasteiger partial charge >= 0.3 is 0 Å². The number of rotatable bonds is 5. The van der Waals surface area contributed by atoms with E-state index in [-0.39, 0.29) is 24.1 Å². The number of carbonyl (C=O) groups is 1. The summed E-state index contributed by atoms with van der Waals surface area (Å²) in [6.45, 7) is 2.73.